The number of anilines is 1. The fourth-order valence-electron chi connectivity index (χ4n) is 6.35. The average molecular weight is 595 g/mol. The van der Waals surface area contributed by atoms with Crippen molar-refractivity contribution in [3.8, 4) is 17.8 Å². The molecular weight excluding hydrogens is 560 g/mol. The van der Waals surface area contributed by atoms with Gasteiger partial charge in [-0.25, -0.2) is 9.78 Å². The summed E-state index contributed by atoms with van der Waals surface area (Å²) in [5, 5.41) is 21.0. The zero-order valence-corrected chi connectivity index (χ0v) is 24.8. The molecule has 226 valence electrons. The van der Waals surface area contributed by atoms with Crippen molar-refractivity contribution in [3.05, 3.63) is 64.7 Å². The maximum atomic E-state index is 14.4. The smallest absolute Gasteiger partial charge is 0.407 e. The van der Waals surface area contributed by atoms with Crippen LogP contribution in [0.4, 0.5) is 10.6 Å². The normalized spacial score (nSPS) is 18.9. The van der Waals surface area contributed by atoms with Crippen molar-refractivity contribution in [3.63, 3.8) is 0 Å². The van der Waals surface area contributed by atoms with Crippen molar-refractivity contribution in [2.75, 3.05) is 44.7 Å². The van der Waals surface area contributed by atoms with E-state index in [-0.39, 0.29) is 42.6 Å². The summed E-state index contributed by atoms with van der Waals surface area (Å²) in [6.45, 7) is 7.78. The second-order valence-corrected chi connectivity index (χ2v) is 11.3. The first-order valence-corrected chi connectivity index (χ1v) is 14.7. The second kappa shape index (κ2) is 11.9. The molecule has 2 fully saturated rings. The van der Waals surface area contributed by atoms with Gasteiger partial charge in [0.25, 0.3) is 5.56 Å². The van der Waals surface area contributed by atoms with Crippen molar-refractivity contribution < 1.29 is 14.6 Å². The van der Waals surface area contributed by atoms with Gasteiger partial charge in [0.05, 0.1) is 24.2 Å². The highest BCUT2D eigenvalue weighted by Crippen LogP contribution is 2.30. The molecule has 12 heteroatoms. The van der Waals surface area contributed by atoms with Gasteiger partial charge in [0.15, 0.2) is 11.3 Å². The number of fused-ring (bicyclic) bond motifs is 2. The average Bonchev–Trinajstić information content (AvgIpc) is 3.44. The Kier molecular flexibility index (Phi) is 7.88. The molecule has 0 saturated carbocycles. The molecule has 2 aromatic heterocycles. The second-order valence-electron chi connectivity index (χ2n) is 11.3. The third-order valence-electron chi connectivity index (χ3n) is 8.65. The number of ether oxygens (including phenoxy) is 1. The summed E-state index contributed by atoms with van der Waals surface area (Å²) in [6.07, 6.45) is 2.78. The van der Waals surface area contributed by atoms with Crippen LogP contribution in [0.1, 0.15) is 30.7 Å². The van der Waals surface area contributed by atoms with E-state index >= 15 is 0 Å². The van der Waals surface area contributed by atoms with Gasteiger partial charge in [-0.3, -0.25) is 9.36 Å². The Morgan fingerprint density at radius 1 is 1.14 bits per heavy atom. The molecule has 1 amide bonds. The van der Waals surface area contributed by atoms with E-state index in [0.29, 0.717) is 36.0 Å². The number of likely N-dealkylation sites (N-methyl/N-ethyl adjacent to an activating group) is 1. The van der Waals surface area contributed by atoms with Gasteiger partial charge < -0.3 is 24.5 Å². The lowest BCUT2D eigenvalue weighted by molar-refractivity contribution is 0.119. The number of nitrogens with zero attached hydrogens (tertiary/aromatic N) is 8. The minimum Gasteiger partial charge on any atom is -0.465 e. The number of hydrogen-bond acceptors (Lipinski definition) is 9. The number of aryl methyl sites for hydroxylation is 1. The van der Waals surface area contributed by atoms with Crippen LogP contribution in [-0.4, -0.2) is 92.4 Å². The van der Waals surface area contributed by atoms with Gasteiger partial charge in [-0.1, -0.05) is 43.0 Å². The molecule has 2 atom stereocenters. The number of carboxylic acid groups (broad SMARTS) is 1. The zero-order valence-electron chi connectivity index (χ0n) is 24.8. The largest absolute Gasteiger partial charge is 0.465 e. The number of benzene rings is 2. The molecule has 2 aliphatic rings. The van der Waals surface area contributed by atoms with E-state index in [9.17, 15) is 20.0 Å². The van der Waals surface area contributed by atoms with Crippen LogP contribution in [0.5, 0.6) is 6.01 Å². The Labute approximate surface area is 254 Å². The highest BCUT2D eigenvalue weighted by Gasteiger charge is 2.33. The highest BCUT2D eigenvalue weighted by atomic mass is 16.5. The number of carbonyl (C=O) groups is 1. The molecule has 2 unspecified atom stereocenters. The number of rotatable bonds is 7. The fourth-order valence-corrected chi connectivity index (χ4v) is 6.35. The number of likely N-dealkylation sites (tertiary alicyclic amines) is 1. The van der Waals surface area contributed by atoms with Gasteiger partial charge in [-0.2, -0.15) is 15.2 Å². The van der Waals surface area contributed by atoms with Crippen LogP contribution in [0.15, 0.2) is 47.8 Å². The zero-order chi connectivity index (χ0) is 31.0. The molecule has 0 aliphatic carbocycles. The van der Waals surface area contributed by atoms with Crippen molar-refractivity contribution in [1.82, 2.24) is 29.3 Å². The standard InChI is InChI=1S/C32H34N8O4/c1-4-21-8-5-9-22-10-6-12-25(26(21)22)40-20(2)34-27-28(30(40)41)35-31(44-19-24-11-7-15-37(24)3)36-29(27)38-16-17-39(32(42)43)23(18-38)13-14-33/h4-6,8-10,12,23-24H,1,7,11,13,15-19H2,2-3H3,(H,42,43). The van der Waals surface area contributed by atoms with Crippen molar-refractivity contribution >= 4 is 39.8 Å². The van der Waals surface area contributed by atoms with Crippen LogP contribution in [-0.2, 0) is 0 Å². The Balaban J connectivity index is 1.52. The van der Waals surface area contributed by atoms with Crippen LogP contribution in [0.2, 0.25) is 0 Å². The number of aromatic nitrogens is 4. The predicted octanol–water partition coefficient (Wildman–Crippen LogP) is 3.84. The summed E-state index contributed by atoms with van der Waals surface area (Å²) in [4.78, 5) is 45.9. The minimum atomic E-state index is -1.08. The van der Waals surface area contributed by atoms with E-state index in [1.165, 1.54) is 4.90 Å². The summed E-state index contributed by atoms with van der Waals surface area (Å²) >= 11 is 0. The van der Waals surface area contributed by atoms with E-state index in [1.54, 1.807) is 17.6 Å². The van der Waals surface area contributed by atoms with Gasteiger partial charge in [0.2, 0.25) is 0 Å². The lowest BCUT2D eigenvalue weighted by atomic mass is 10.0. The monoisotopic (exact) mass is 594 g/mol. The lowest BCUT2D eigenvalue weighted by Crippen LogP contribution is -2.55. The first-order valence-electron chi connectivity index (χ1n) is 14.7. The van der Waals surface area contributed by atoms with E-state index in [4.69, 9.17) is 14.7 Å². The van der Waals surface area contributed by atoms with Gasteiger partial charge in [0.1, 0.15) is 17.9 Å². The van der Waals surface area contributed by atoms with Gasteiger partial charge in [0, 0.05) is 31.1 Å². The maximum Gasteiger partial charge on any atom is 0.407 e. The molecule has 6 rings (SSSR count). The Morgan fingerprint density at radius 2 is 1.93 bits per heavy atom. The third-order valence-corrected chi connectivity index (χ3v) is 8.65. The summed E-state index contributed by atoms with van der Waals surface area (Å²) in [6, 6.07) is 13.5. The number of piperazine rings is 1. The SMILES string of the molecule is C=Cc1cccc2cccc(-n3c(C)nc4c(N5CCN(C(=O)O)C(CC#N)C5)nc(OCC5CCCN5C)nc4c3=O)c12. The number of nitriles is 1. The topological polar surface area (TPSA) is 141 Å². The fraction of sp³-hybridized carbons (Fsp3) is 0.375. The molecule has 4 aromatic rings. The third kappa shape index (κ3) is 5.20. The minimum absolute atomic E-state index is 0.0230. The molecule has 1 N–H and O–H groups in total. The molecule has 0 spiro atoms. The maximum absolute atomic E-state index is 14.4. The molecule has 0 bridgehead atoms. The number of amides is 1. The summed E-state index contributed by atoms with van der Waals surface area (Å²) in [7, 11) is 2.05. The van der Waals surface area contributed by atoms with Crippen LogP contribution >= 0.6 is 0 Å². The lowest BCUT2D eigenvalue weighted by Gasteiger charge is -2.39. The van der Waals surface area contributed by atoms with Crippen LogP contribution < -0.4 is 15.2 Å². The highest BCUT2D eigenvalue weighted by molar-refractivity contribution is 5.97. The molecule has 44 heavy (non-hydrogen) atoms. The van der Waals surface area contributed by atoms with Gasteiger partial charge >= 0.3 is 12.1 Å². The summed E-state index contributed by atoms with van der Waals surface area (Å²) in [5.74, 6) is 0.826. The Hall–Kier alpha value is -5.02. The molecule has 2 aliphatic heterocycles. The molecule has 4 heterocycles. The van der Waals surface area contributed by atoms with E-state index in [0.717, 1.165) is 35.7 Å². The Morgan fingerprint density at radius 3 is 2.64 bits per heavy atom. The van der Waals surface area contributed by atoms with Gasteiger partial charge in [-0.15, -0.1) is 0 Å². The molecule has 12 nitrogen and oxygen atoms in total. The summed E-state index contributed by atoms with van der Waals surface area (Å²) < 4.78 is 7.69. The van der Waals surface area contributed by atoms with Crippen LogP contribution in [0, 0.1) is 18.3 Å². The van der Waals surface area contributed by atoms with Crippen LogP contribution in [0.25, 0.3) is 33.6 Å². The van der Waals surface area contributed by atoms with Crippen molar-refractivity contribution in [2.45, 2.75) is 38.3 Å². The van der Waals surface area contributed by atoms with E-state index < -0.39 is 12.1 Å². The van der Waals surface area contributed by atoms with E-state index in [2.05, 4.69) is 29.6 Å². The quantitative estimate of drug-likeness (QED) is 0.336. The molecule has 2 aromatic carbocycles. The predicted molar refractivity (Wildman–Crippen MR) is 167 cm³/mol. The van der Waals surface area contributed by atoms with Crippen molar-refractivity contribution in [2.24, 2.45) is 0 Å². The molecule has 2 saturated heterocycles. The summed E-state index contributed by atoms with van der Waals surface area (Å²) in [5.41, 5.74) is 1.58. The van der Waals surface area contributed by atoms with Crippen molar-refractivity contribution in [1.29, 1.82) is 5.26 Å². The van der Waals surface area contributed by atoms with E-state index in [1.807, 2.05) is 41.3 Å². The first-order chi connectivity index (χ1) is 21.3. The van der Waals surface area contributed by atoms with Gasteiger partial charge in [-0.05, 0) is 50.4 Å². The van der Waals surface area contributed by atoms with Crippen LogP contribution in [0.3, 0.4) is 0 Å². The number of hydrogen-bond donors (Lipinski definition) is 1. The first kappa shape index (κ1) is 29.1. The Bertz CT molecular complexity index is 1860. The molecular formula is C32H34N8O4. The molecule has 0 radical (unpaired) electrons.